The molecule has 2 saturated heterocycles. The fraction of sp³-hybridized carbons (Fsp3) is 1.00. The maximum Gasteiger partial charge on any atom is 0.00106 e. The molecule has 3 nitrogen and oxygen atoms in total. The molecule has 0 aromatic rings. The Balaban J connectivity index is 1.52. The first-order valence-electron chi connectivity index (χ1n) is 8.42. The highest BCUT2D eigenvalue weighted by molar-refractivity contribution is 4.77. The molecule has 2 aliphatic heterocycles. The van der Waals surface area contributed by atoms with Crippen LogP contribution in [0.15, 0.2) is 0 Å². The summed E-state index contributed by atoms with van der Waals surface area (Å²) in [5, 5.41) is 3.51. The largest absolute Gasteiger partial charge is 0.314 e. The second kappa shape index (κ2) is 8.23. The van der Waals surface area contributed by atoms with Crippen molar-refractivity contribution in [2.45, 2.75) is 52.0 Å². The zero-order valence-electron chi connectivity index (χ0n) is 13.0. The molecule has 19 heavy (non-hydrogen) atoms. The van der Waals surface area contributed by atoms with Crippen LogP contribution in [0.4, 0.5) is 0 Å². The standard InChI is InChI=1S/C16H33N3/c1-15(2)17-8-5-11-18-12-6-16(7-13-18)14-19-9-3-4-10-19/h15-17H,3-14H2,1-2H3. The van der Waals surface area contributed by atoms with Gasteiger partial charge >= 0.3 is 0 Å². The second-order valence-electron chi connectivity index (χ2n) is 6.76. The molecule has 0 saturated carbocycles. The Morgan fingerprint density at radius 1 is 1.00 bits per heavy atom. The van der Waals surface area contributed by atoms with Crippen LogP contribution in [0.5, 0.6) is 0 Å². The highest BCUT2D eigenvalue weighted by Gasteiger charge is 2.22. The maximum absolute atomic E-state index is 3.51. The third-order valence-electron chi connectivity index (χ3n) is 4.63. The van der Waals surface area contributed by atoms with Crippen molar-refractivity contribution in [1.29, 1.82) is 0 Å². The third-order valence-corrected chi connectivity index (χ3v) is 4.63. The quantitative estimate of drug-likeness (QED) is 0.713. The molecular formula is C16H33N3. The van der Waals surface area contributed by atoms with E-state index in [0.29, 0.717) is 6.04 Å². The predicted molar refractivity (Wildman–Crippen MR) is 82.6 cm³/mol. The number of likely N-dealkylation sites (tertiary alicyclic amines) is 2. The Bertz CT molecular complexity index is 228. The number of nitrogens with zero attached hydrogens (tertiary/aromatic N) is 2. The van der Waals surface area contributed by atoms with Gasteiger partial charge in [-0.15, -0.1) is 0 Å². The molecule has 0 spiro atoms. The smallest absolute Gasteiger partial charge is 0.00106 e. The van der Waals surface area contributed by atoms with E-state index in [9.17, 15) is 0 Å². The summed E-state index contributed by atoms with van der Waals surface area (Å²) in [4.78, 5) is 5.36. The van der Waals surface area contributed by atoms with E-state index in [-0.39, 0.29) is 0 Å². The number of rotatable bonds is 7. The summed E-state index contributed by atoms with van der Waals surface area (Å²) in [6, 6.07) is 0.631. The van der Waals surface area contributed by atoms with E-state index in [1.165, 1.54) is 77.9 Å². The normalized spacial score (nSPS) is 23.5. The summed E-state index contributed by atoms with van der Waals surface area (Å²) in [7, 11) is 0. The lowest BCUT2D eigenvalue weighted by molar-refractivity contribution is 0.152. The molecule has 0 radical (unpaired) electrons. The molecule has 2 heterocycles. The molecule has 3 heteroatoms. The summed E-state index contributed by atoms with van der Waals surface area (Å²) >= 11 is 0. The molecule has 112 valence electrons. The van der Waals surface area contributed by atoms with Crippen molar-refractivity contribution in [3.05, 3.63) is 0 Å². The summed E-state index contributed by atoms with van der Waals surface area (Å²) in [5.41, 5.74) is 0. The zero-order valence-corrected chi connectivity index (χ0v) is 13.0. The van der Waals surface area contributed by atoms with Crippen molar-refractivity contribution >= 4 is 0 Å². The van der Waals surface area contributed by atoms with E-state index in [0.717, 1.165) is 5.92 Å². The van der Waals surface area contributed by atoms with Gasteiger partial charge in [0.1, 0.15) is 0 Å². The Morgan fingerprint density at radius 2 is 1.68 bits per heavy atom. The fourth-order valence-electron chi connectivity index (χ4n) is 3.42. The summed E-state index contributed by atoms with van der Waals surface area (Å²) in [6.45, 7) is 13.7. The highest BCUT2D eigenvalue weighted by Crippen LogP contribution is 2.20. The van der Waals surface area contributed by atoms with Crippen molar-refractivity contribution in [1.82, 2.24) is 15.1 Å². The average molecular weight is 267 g/mol. The first-order valence-corrected chi connectivity index (χ1v) is 8.42. The van der Waals surface area contributed by atoms with Crippen LogP contribution >= 0.6 is 0 Å². The lowest BCUT2D eigenvalue weighted by Crippen LogP contribution is -2.39. The van der Waals surface area contributed by atoms with Crippen LogP contribution in [0, 0.1) is 5.92 Å². The SMILES string of the molecule is CC(C)NCCCN1CCC(CN2CCCC2)CC1. The van der Waals surface area contributed by atoms with Crippen LogP contribution in [0.25, 0.3) is 0 Å². The van der Waals surface area contributed by atoms with Gasteiger partial charge in [0.05, 0.1) is 0 Å². The number of hydrogen-bond donors (Lipinski definition) is 1. The first-order chi connectivity index (χ1) is 9.24. The van der Waals surface area contributed by atoms with Crippen molar-refractivity contribution < 1.29 is 0 Å². The van der Waals surface area contributed by atoms with E-state index in [1.54, 1.807) is 0 Å². The Kier molecular flexibility index (Phi) is 6.62. The van der Waals surface area contributed by atoms with Crippen molar-refractivity contribution in [2.75, 3.05) is 45.8 Å². The lowest BCUT2D eigenvalue weighted by Gasteiger charge is -2.33. The zero-order chi connectivity index (χ0) is 13.5. The molecule has 0 atom stereocenters. The van der Waals surface area contributed by atoms with Gasteiger partial charge in [0, 0.05) is 12.6 Å². The van der Waals surface area contributed by atoms with Crippen LogP contribution in [0.3, 0.4) is 0 Å². The van der Waals surface area contributed by atoms with Gasteiger partial charge in [-0.1, -0.05) is 13.8 Å². The molecule has 0 aromatic heterocycles. The van der Waals surface area contributed by atoms with E-state index < -0.39 is 0 Å². The molecule has 1 N–H and O–H groups in total. The molecule has 2 fully saturated rings. The van der Waals surface area contributed by atoms with Gasteiger partial charge in [-0.05, 0) is 77.3 Å². The van der Waals surface area contributed by atoms with Crippen LogP contribution in [0.2, 0.25) is 0 Å². The minimum Gasteiger partial charge on any atom is -0.314 e. The first kappa shape index (κ1) is 15.3. The van der Waals surface area contributed by atoms with Gasteiger partial charge in [0.25, 0.3) is 0 Å². The van der Waals surface area contributed by atoms with Crippen LogP contribution < -0.4 is 5.32 Å². The summed E-state index contributed by atoms with van der Waals surface area (Å²) in [6.07, 6.45) is 7.01. The fourth-order valence-corrected chi connectivity index (χ4v) is 3.42. The van der Waals surface area contributed by atoms with Crippen molar-refractivity contribution in [2.24, 2.45) is 5.92 Å². The van der Waals surface area contributed by atoms with E-state index in [4.69, 9.17) is 0 Å². The molecule has 0 unspecified atom stereocenters. The van der Waals surface area contributed by atoms with Gasteiger partial charge in [-0.3, -0.25) is 0 Å². The number of piperidine rings is 1. The van der Waals surface area contributed by atoms with E-state index in [1.807, 2.05) is 0 Å². The molecular weight excluding hydrogens is 234 g/mol. The lowest BCUT2D eigenvalue weighted by atomic mass is 9.96. The van der Waals surface area contributed by atoms with Crippen LogP contribution in [-0.4, -0.2) is 61.7 Å². The van der Waals surface area contributed by atoms with E-state index in [2.05, 4.69) is 29.0 Å². The topological polar surface area (TPSA) is 18.5 Å². The molecule has 0 aliphatic carbocycles. The van der Waals surface area contributed by atoms with Gasteiger partial charge in [-0.2, -0.15) is 0 Å². The minimum atomic E-state index is 0.631. The monoisotopic (exact) mass is 267 g/mol. The summed E-state index contributed by atoms with van der Waals surface area (Å²) in [5.74, 6) is 0.975. The van der Waals surface area contributed by atoms with Crippen LogP contribution in [0.1, 0.15) is 46.0 Å². The van der Waals surface area contributed by atoms with Gasteiger partial charge in [0.2, 0.25) is 0 Å². The van der Waals surface area contributed by atoms with Gasteiger partial charge < -0.3 is 15.1 Å². The Hall–Kier alpha value is -0.120. The third kappa shape index (κ3) is 5.80. The number of nitrogens with one attached hydrogen (secondary N) is 1. The highest BCUT2D eigenvalue weighted by atomic mass is 15.2. The number of hydrogen-bond acceptors (Lipinski definition) is 3. The predicted octanol–water partition coefficient (Wildman–Crippen LogP) is 2.18. The second-order valence-corrected chi connectivity index (χ2v) is 6.76. The van der Waals surface area contributed by atoms with Crippen molar-refractivity contribution in [3.63, 3.8) is 0 Å². The molecule has 2 rings (SSSR count). The summed E-state index contributed by atoms with van der Waals surface area (Å²) < 4.78 is 0. The van der Waals surface area contributed by atoms with Crippen LogP contribution in [-0.2, 0) is 0 Å². The Morgan fingerprint density at radius 3 is 2.32 bits per heavy atom. The van der Waals surface area contributed by atoms with E-state index >= 15 is 0 Å². The molecule has 0 aromatic carbocycles. The van der Waals surface area contributed by atoms with Gasteiger partial charge in [0.15, 0.2) is 0 Å². The molecule has 2 aliphatic rings. The minimum absolute atomic E-state index is 0.631. The molecule has 0 bridgehead atoms. The molecule has 0 amide bonds. The average Bonchev–Trinajstić information content (AvgIpc) is 2.89. The maximum atomic E-state index is 3.51. The van der Waals surface area contributed by atoms with Crippen molar-refractivity contribution in [3.8, 4) is 0 Å². The van der Waals surface area contributed by atoms with Gasteiger partial charge in [-0.25, -0.2) is 0 Å². The Labute approximate surface area is 119 Å².